The van der Waals surface area contributed by atoms with Crippen LogP contribution in [0.3, 0.4) is 0 Å². The van der Waals surface area contributed by atoms with Crippen LogP contribution in [-0.2, 0) is 34.6 Å². The van der Waals surface area contributed by atoms with E-state index in [1.807, 2.05) is 74.2 Å². The fourth-order valence-corrected chi connectivity index (χ4v) is 6.60. The highest BCUT2D eigenvalue weighted by Gasteiger charge is 2.45. The van der Waals surface area contributed by atoms with Crippen molar-refractivity contribution in [3.8, 4) is 0 Å². The number of aliphatic carboxylic acids is 1. The molecular formula is C37H54N4O7. The Morgan fingerprint density at radius 1 is 0.667 bits per heavy atom. The van der Waals surface area contributed by atoms with Gasteiger partial charge in [0.1, 0.15) is 5.60 Å². The van der Waals surface area contributed by atoms with Crippen LogP contribution in [0, 0.1) is 0 Å². The van der Waals surface area contributed by atoms with Crippen LogP contribution in [0.5, 0.6) is 0 Å². The number of morpholine rings is 2. The standard InChI is InChI=1S/C17H23NO4.C16H22N2O2.C4H9NO/c1-16(2,3)22-15(21)18-11-9-17(10-12-18,14(19)20)13-7-5-4-6-8-13;19-15(18-10-12-20-13-11-18)16(6-8-17-9-7-16)14-4-2-1-3-5-14;1-3-6-4-2-5-1/h4-8H,9-12H2,1-3H3,(H,19,20);1-5,17H,6-13H2;5H,1-4H2. The minimum atomic E-state index is -0.917. The first-order valence-corrected chi connectivity index (χ1v) is 17.3. The molecule has 0 saturated carbocycles. The molecule has 11 heteroatoms. The molecule has 2 aromatic carbocycles. The SMILES string of the molecule is C1COCCN1.CC(C)(C)OC(=O)N1CCC(C(=O)O)(c2ccccc2)CC1.O=C(N1CCOCC1)C1(c2ccccc2)CCNCC1. The molecule has 4 aliphatic rings. The van der Waals surface area contributed by atoms with Crippen LogP contribution in [0.4, 0.5) is 4.79 Å². The first-order valence-electron chi connectivity index (χ1n) is 17.3. The summed E-state index contributed by atoms with van der Waals surface area (Å²) in [6, 6.07) is 19.5. The number of piperidine rings is 2. The molecule has 0 atom stereocenters. The zero-order valence-electron chi connectivity index (χ0n) is 28.9. The predicted octanol–water partition coefficient (Wildman–Crippen LogP) is 3.81. The smallest absolute Gasteiger partial charge is 0.410 e. The second kappa shape index (κ2) is 17.8. The number of ether oxygens (including phenoxy) is 3. The summed E-state index contributed by atoms with van der Waals surface area (Å²) in [6.07, 6.45) is 2.18. The van der Waals surface area contributed by atoms with Gasteiger partial charge in [-0.1, -0.05) is 60.7 Å². The number of carbonyl (C=O) groups excluding carboxylic acids is 2. The third-order valence-corrected chi connectivity index (χ3v) is 9.34. The van der Waals surface area contributed by atoms with E-state index in [9.17, 15) is 19.5 Å². The molecule has 48 heavy (non-hydrogen) atoms. The molecule has 4 saturated heterocycles. The lowest BCUT2D eigenvalue weighted by Gasteiger charge is -2.41. The van der Waals surface area contributed by atoms with E-state index in [-0.39, 0.29) is 17.4 Å². The summed E-state index contributed by atoms with van der Waals surface area (Å²) >= 11 is 0. The van der Waals surface area contributed by atoms with Gasteiger partial charge in [0.2, 0.25) is 5.91 Å². The average molecular weight is 667 g/mol. The lowest BCUT2D eigenvalue weighted by molar-refractivity contribution is -0.146. The van der Waals surface area contributed by atoms with Crippen molar-refractivity contribution < 1.29 is 33.7 Å². The van der Waals surface area contributed by atoms with Crippen LogP contribution in [0.2, 0.25) is 0 Å². The van der Waals surface area contributed by atoms with Gasteiger partial charge < -0.3 is 39.8 Å². The summed E-state index contributed by atoms with van der Waals surface area (Å²) in [7, 11) is 0. The Morgan fingerprint density at radius 2 is 1.15 bits per heavy atom. The Morgan fingerprint density at radius 3 is 1.58 bits per heavy atom. The molecule has 2 amide bonds. The number of amides is 2. The maximum absolute atomic E-state index is 13.1. The Bertz CT molecular complexity index is 1270. The molecule has 6 rings (SSSR count). The van der Waals surface area contributed by atoms with Crippen molar-refractivity contribution in [1.82, 2.24) is 20.4 Å². The fraction of sp³-hybridized carbons (Fsp3) is 0.595. The van der Waals surface area contributed by atoms with Crippen LogP contribution in [0.15, 0.2) is 60.7 Å². The number of nitrogens with one attached hydrogen (secondary N) is 2. The van der Waals surface area contributed by atoms with E-state index >= 15 is 0 Å². The fourth-order valence-electron chi connectivity index (χ4n) is 6.60. The lowest BCUT2D eigenvalue weighted by Crippen LogP contribution is -2.54. The molecule has 0 spiro atoms. The van der Waals surface area contributed by atoms with Crippen LogP contribution in [-0.4, -0.2) is 117 Å². The third-order valence-electron chi connectivity index (χ3n) is 9.34. The molecule has 4 aliphatic heterocycles. The molecule has 0 bridgehead atoms. The van der Waals surface area contributed by atoms with Crippen molar-refractivity contribution >= 4 is 18.0 Å². The molecule has 0 unspecified atom stereocenters. The summed E-state index contributed by atoms with van der Waals surface area (Å²) in [5, 5.41) is 16.3. The van der Waals surface area contributed by atoms with E-state index in [0.717, 1.165) is 76.5 Å². The molecule has 4 heterocycles. The van der Waals surface area contributed by atoms with E-state index in [2.05, 4.69) is 22.8 Å². The summed E-state index contributed by atoms with van der Waals surface area (Å²) in [6.45, 7) is 14.6. The van der Waals surface area contributed by atoms with E-state index in [4.69, 9.17) is 14.2 Å². The average Bonchev–Trinajstić information content (AvgIpc) is 3.13. The number of likely N-dealkylation sites (tertiary alicyclic amines) is 1. The summed E-state index contributed by atoms with van der Waals surface area (Å²) < 4.78 is 15.7. The molecule has 0 aromatic heterocycles. The van der Waals surface area contributed by atoms with E-state index < -0.39 is 17.0 Å². The van der Waals surface area contributed by atoms with Gasteiger partial charge in [0, 0.05) is 39.3 Å². The van der Waals surface area contributed by atoms with Gasteiger partial charge in [-0.3, -0.25) is 9.59 Å². The van der Waals surface area contributed by atoms with Gasteiger partial charge >= 0.3 is 12.1 Å². The van der Waals surface area contributed by atoms with Crippen LogP contribution in [0.25, 0.3) is 0 Å². The number of nitrogens with zero attached hydrogens (tertiary/aromatic N) is 2. The Labute approximate surface area is 285 Å². The molecule has 11 nitrogen and oxygen atoms in total. The summed E-state index contributed by atoms with van der Waals surface area (Å²) in [4.78, 5) is 40.6. The van der Waals surface area contributed by atoms with Crippen molar-refractivity contribution in [1.29, 1.82) is 0 Å². The Kier molecular flexibility index (Phi) is 13.8. The Hall–Kier alpha value is -3.51. The molecule has 0 radical (unpaired) electrons. The normalized spacial score (nSPS) is 20.6. The van der Waals surface area contributed by atoms with Crippen molar-refractivity contribution in [3.63, 3.8) is 0 Å². The summed E-state index contributed by atoms with van der Waals surface area (Å²) in [5.74, 6) is -0.545. The monoisotopic (exact) mass is 666 g/mol. The highest BCUT2D eigenvalue weighted by atomic mass is 16.6. The topological polar surface area (TPSA) is 130 Å². The second-order valence-electron chi connectivity index (χ2n) is 13.7. The minimum absolute atomic E-state index is 0.286. The number of hydrogen-bond donors (Lipinski definition) is 3. The second-order valence-corrected chi connectivity index (χ2v) is 13.7. The maximum atomic E-state index is 13.1. The molecule has 264 valence electrons. The number of rotatable bonds is 4. The Balaban J connectivity index is 0.000000185. The van der Waals surface area contributed by atoms with Crippen molar-refractivity contribution in [3.05, 3.63) is 71.8 Å². The van der Waals surface area contributed by atoms with Gasteiger partial charge in [-0.05, 0) is 70.7 Å². The highest BCUT2D eigenvalue weighted by molar-refractivity contribution is 5.88. The number of carbonyl (C=O) groups is 3. The number of carboxylic acid groups (broad SMARTS) is 1. The number of hydrogen-bond acceptors (Lipinski definition) is 8. The molecular weight excluding hydrogens is 612 g/mol. The van der Waals surface area contributed by atoms with Crippen LogP contribution < -0.4 is 10.6 Å². The van der Waals surface area contributed by atoms with Gasteiger partial charge in [0.15, 0.2) is 0 Å². The van der Waals surface area contributed by atoms with Crippen molar-refractivity contribution in [2.45, 2.75) is 62.9 Å². The van der Waals surface area contributed by atoms with Gasteiger partial charge in [-0.25, -0.2) is 4.79 Å². The number of benzene rings is 2. The minimum Gasteiger partial charge on any atom is -0.481 e. The molecule has 3 N–H and O–H groups in total. The highest BCUT2D eigenvalue weighted by Crippen LogP contribution is 2.37. The van der Waals surface area contributed by atoms with Crippen molar-refractivity contribution in [2.24, 2.45) is 0 Å². The first kappa shape index (κ1) is 37.3. The predicted molar refractivity (Wildman–Crippen MR) is 184 cm³/mol. The van der Waals surface area contributed by atoms with Crippen molar-refractivity contribution in [2.75, 3.05) is 78.8 Å². The van der Waals surface area contributed by atoms with Gasteiger partial charge in [-0.2, -0.15) is 0 Å². The van der Waals surface area contributed by atoms with Gasteiger partial charge in [0.25, 0.3) is 0 Å². The zero-order valence-corrected chi connectivity index (χ0v) is 28.9. The maximum Gasteiger partial charge on any atom is 0.410 e. The van der Waals surface area contributed by atoms with E-state index in [1.165, 1.54) is 0 Å². The lowest BCUT2D eigenvalue weighted by atomic mass is 9.72. The van der Waals surface area contributed by atoms with E-state index in [1.54, 1.807) is 4.90 Å². The van der Waals surface area contributed by atoms with Crippen LogP contribution in [0.1, 0.15) is 57.6 Å². The largest absolute Gasteiger partial charge is 0.481 e. The van der Waals surface area contributed by atoms with Gasteiger partial charge in [-0.15, -0.1) is 0 Å². The van der Waals surface area contributed by atoms with Gasteiger partial charge in [0.05, 0.1) is 37.3 Å². The third kappa shape index (κ3) is 10.0. The molecule has 4 fully saturated rings. The number of carboxylic acids is 1. The quantitative estimate of drug-likeness (QED) is 0.446. The zero-order chi connectivity index (χ0) is 34.5. The first-order chi connectivity index (χ1) is 23.1. The summed E-state index contributed by atoms with van der Waals surface area (Å²) in [5.41, 5.74) is 0.158. The van der Waals surface area contributed by atoms with E-state index in [0.29, 0.717) is 39.1 Å². The molecule has 2 aromatic rings. The molecule has 0 aliphatic carbocycles. The van der Waals surface area contributed by atoms with Crippen LogP contribution >= 0.6 is 0 Å².